The summed E-state index contributed by atoms with van der Waals surface area (Å²) < 4.78 is 0. The van der Waals surface area contributed by atoms with Gasteiger partial charge in [0.15, 0.2) is 0 Å². The molecule has 0 radical (unpaired) electrons. The van der Waals surface area contributed by atoms with Gasteiger partial charge in [0.2, 0.25) is 0 Å². The number of unbranched alkanes of at least 4 members (excludes halogenated alkanes) is 5. The average molecular weight is 348 g/mol. The summed E-state index contributed by atoms with van der Waals surface area (Å²) in [6.07, 6.45) is 7.95. The fourth-order valence-electron chi connectivity index (χ4n) is 3.49. The number of nitrogens with zero attached hydrogens (tertiary/aromatic N) is 1. The lowest BCUT2D eigenvalue weighted by Crippen LogP contribution is -2.18. The Balaban J connectivity index is 0.00000243. The molecule has 138 valence electrons. The third-order valence-corrected chi connectivity index (χ3v) is 4.86. The van der Waals surface area contributed by atoms with E-state index in [2.05, 4.69) is 84.6 Å². The van der Waals surface area contributed by atoms with E-state index in [0.717, 1.165) is 6.54 Å². The van der Waals surface area contributed by atoms with E-state index in [1.54, 1.807) is 0 Å². The van der Waals surface area contributed by atoms with Crippen molar-refractivity contribution in [2.45, 2.75) is 52.9 Å². The quantitative estimate of drug-likeness (QED) is 0.355. The van der Waals surface area contributed by atoms with Gasteiger partial charge in [-0.25, -0.2) is 0 Å². The molecule has 1 nitrogen and oxygen atoms in total. The van der Waals surface area contributed by atoms with Crippen molar-refractivity contribution >= 4 is 22.1 Å². The first-order chi connectivity index (χ1) is 12.4. The first kappa shape index (κ1) is 20.0. The summed E-state index contributed by atoms with van der Waals surface area (Å²) in [5.74, 6) is 0. The number of anilines is 2. The summed E-state index contributed by atoms with van der Waals surface area (Å²) in [4.78, 5) is 2.49. The molecule has 0 aliphatic rings. The molecule has 3 aromatic rings. The molecule has 0 spiro atoms. The second-order valence-electron chi connectivity index (χ2n) is 6.75. The van der Waals surface area contributed by atoms with Gasteiger partial charge in [-0.15, -0.1) is 0 Å². The molecule has 0 saturated carbocycles. The van der Waals surface area contributed by atoms with Crippen molar-refractivity contribution in [3.63, 3.8) is 0 Å². The van der Waals surface area contributed by atoms with Crippen LogP contribution in [0.5, 0.6) is 0 Å². The fraction of sp³-hybridized carbons (Fsp3) is 0.360. The highest BCUT2D eigenvalue weighted by molar-refractivity contribution is 5.96. The maximum absolute atomic E-state index is 2.49. The molecule has 0 fully saturated rings. The number of rotatable bonds is 9. The molecule has 3 aromatic carbocycles. The van der Waals surface area contributed by atoms with E-state index in [9.17, 15) is 0 Å². The van der Waals surface area contributed by atoms with Crippen molar-refractivity contribution in [3.8, 4) is 0 Å². The van der Waals surface area contributed by atoms with Crippen LogP contribution in [0.25, 0.3) is 10.8 Å². The largest absolute Gasteiger partial charge is 0.341 e. The van der Waals surface area contributed by atoms with E-state index in [-0.39, 0.29) is 7.43 Å². The normalized spacial score (nSPS) is 10.5. The van der Waals surface area contributed by atoms with Crippen molar-refractivity contribution in [3.05, 3.63) is 72.8 Å². The van der Waals surface area contributed by atoms with Crippen LogP contribution in [0, 0.1) is 0 Å². The SMILES string of the molecule is C.CCCCCCCCN(c1ccccc1)c1cccc2ccccc12. The lowest BCUT2D eigenvalue weighted by Gasteiger charge is -2.26. The second kappa shape index (κ2) is 10.7. The van der Waals surface area contributed by atoms with Gasteiger partial charge in [0.05, 0.1) is 0 Å². The van der Waals surface area contributed by atoms with Crippen molar-refractivity contribution in [2.24, 2.45) is 0 Å². The lowest BCUT2D eigenvalue weighted by atomic mass is 10.1. The highest BCUT2D eigenvalue weighted by atomic mass is 15.1. The second-order valence-corrected chi connectivity index (χ2v) is 6.75. The molecule has 0 aliphatic heterocycles. The Hall–Kier alpha value is -2.28. The third-order valence-electron chi connectivity index (χ3n) is 4.86. The Morgan fingerprint density at radius 1 is 0.654 bits per heavy atom. The molecular formula is C25H33N. The number of benzene rings is 3. The van der Waals surface area contributed by atoms with E-state index >= 15 is 0 Å². The Labute approximate surface area is 159 Å². The molecule has 1 heteroatoms. The van der Waals surface area contributed by atoms with Gasteiger partial charge in [0.1, 0.15) is 0 Å². The van der Waals surface area contributed by atoms with Gasteiger partial charge in [-0.3, -0.25) is 0 Å². The third kappa shape index (κ3) is 5.11. The predicted molar refractivity (Wildman–Crippen MR) is 118 cm³/mol. The van der Waals surface area contributed by atoms with Gasteiger partial charge in [-0.05, 0) is 30.0 Å². The van der Waals surface area contributed by atoms with Gasteiger partial charge < -0.3 is 4.90 Å². The molecule has 0 aliphatic carbocycles. The minimum absolute atomic E-state index is 0. The number of hydrogen-bond acceptors (Lipinski definition) is 1. The van der Waals surface area contributed by atoms with Crippen LogP contribution < -0.4 is 4.90 Å². The first-order valence-corrected chi connectivity index (χ1v) is 9.70. The van der Waals surface area contributed by atoms with Gasteiger partial charge in [-0.2, -0.15) is 0 Å². The molecule has 0 unspecified atom stereocenters. The van der Waals surface area contributed by atoms with E-state index in [1.807, 2.05) is 0 Å². The topological polar surface area (TPSA) is 3.24 Å². The maximum atomic E-state index is 2.49. The number of fused-ring (bicyclic) bond motifs is 1. The van der Waals surface area contributed by atoms with E-state index in [1.165, 1.54) is 60.7 Å². The summed E-state index contributed by atoms with van der Waals surface area (Å²) >= 11 is 0. The Bertz CT molecular complexity index is 758. The lowest BCUT2D eigenvalue weighted by molar-refractivity contribution is 0.609. The molecule has 3 rings (SSSR count). The van der Waals surface area contributed by atoms with Gasteiger partial charge in [0.25, 0.3) is 0 Å². The highest BCUT2D eigenvalue weighted by Crippen LogP contribution is 2.32. The average Bonchev–Trinajstić information content (AvgIpc) is 2.68. The van der Waals surface area contributed by atoms with E-state index in [4.69, 9.17) is 0 Å². The van der Waals surface area contributed by atoms with Gasteiger partial charge in [0, 0.05) is 23.3 Å². The van der Waals surface area contributed by atoms with Crippen molar-refractivity contribution in [1.29, 1.82) is 0 Å². The minimum Gasteiger partial charge on any atom is -0.341 e. The van der Waals surface area contributed by atoms with Crippen molar-refractivity contribution in [1.82, 2.24) is 0 Å². The highest BCUT2D eigenvalue weighted by Gasteiger charge is 2.11. The molecule has 0 N–H and O–H groups in total. The van der Waals surface area contributed by atoms with E-state index in [0.29, 0.717) is 0 Å². The van der Waals surface area contributed by atoms with Crippen LogP contribution in [0.3, 0.4) is 0 Å². The molecule has 0 saturated heterocycles. The van der Waals surface area contributed by atoms with Crippen LogP contribution in [0.4, 0.5) is 11.4 Å². The molecular weight excluding hydrogens is 314 g/mol. The van der Waals surface area contributed by atoms with Crippen LogP contribution >= 0.6 is 0 Å². The number of hydrogen-bond donors (Lipinski definition) is 0. The number of para-hydroxylation sites is 1. The van der Waals surface area contributed by atoms with E-state index < -0.39 is 0 Å². The van der Waals surface area contributed by atoms with Crippen LogP contribution in [0.15, 0.2) is 72.8 Å². The summed E-state index contributed by atoms with van der Waals surface area (Å²) in [6, 6.07) is 26.1. The molecule has 0 aromatic heterocycles. The van der Waals surface area contributed by atoms with Gasteiger partial charge >= 0.3 is 0 Å². The minimum atomic E-state index is 0. The Kier molecular flexibility index (Phi) is 8.21. The standard InChI is InChI=1S/C24H29N.CH4/c1-2-3-4-5-6-12-20-25(22-16-8-7-9-17-22)24-19-13-15-21-14-10-11-18-23(21)24;/h7-11,13-19H,2-6,12,20H2,1H3;1H4. The molecule has 0 amide bonds. The zero-order valence-corrected chi connectivity index (χ0v) is 15.3. The van der Waals surface area contributed by atoms with Crippen LogP contribution in [0.1, 0.15) is 52.9 Å². The monoisotopic (exact) mass is 347 g/mol. The van der Waals surface area contributed by atoms with Gasteiger partial charge in [-0.1, -0.05) is 101 Å². The van der Waals surface area contributed by atoms with Crippen LogP contribution in [-0.2, 0) is 0 Å². The Morgan fingerprint density at radius 3 is 2.12 bits per heavy atom. The molecule has 26 heavy (non-hydrogen) atoms. The zero-order chi connectivity index (χ0) is 17.3. The molecule has 0 heterocycles. The smallest absolute Gasteiger partial charge is 0.0490 e. The van der Waals surface area contributed by atoms with Crippen LogP contribution in [0.2, 0.25) is 0 Å². The summed E-state index contributed by atoms with van der Waals surface area (Å²) in [7, 11) is 0. The molecule has 0 bridgehead atoms. The zero-order valence-electron chi connectivity index (χ0n) is 15.3. The Morgan fingerprint density at radius 2 is 1.31 bits per heavy atom. The first-order valence-electron chi connectivity index (χ1n) is 9.70. The fourth-order valence-corrected chi connectivity index (χ4v) is 3.49. The van der Waals surface area contributed by atoms with Crippen molar-refractivity contribution in [2.75, 3.05) is 11.4 Å². The van der Waals surface area contributed by atoms with Crippen LogP contribution in [-0.4, -0.2) is 6.54 Å². The summed E-state index contributed by atoms with van der Waals surface area (Å²) in [5.41, 5.74) is 2.60. The maximum Gasteiger partial charge on any atom is 0.0490 e. The predicted octanol–water partition coefficient (Wildman–Crippen LogP) is 7.97. The van der Waals surface area contributed by atoms with Crippen molar-refractivity contribution < 1.29 is 0 Å². The summed E-state index contributed by atoms with van der Waals surface area (Å²) in [5, 5.41) is 2.64. The molecule has 0 atom stereocenters. The summed E-state index contributed by atoms with van der Waals surface area (Å²) in [6.45, 7) is 3.35.